The normalized spacial score (nSPS) is 12.9. The summed E-state index contributed by atoms with van der Waals surface area (Å²) in [5, 5.41) is 20.7. The van der Waals surface area contributed by atoms with Crippen molar-refractivity contribution in [3.63, 3.8) is 0 Å². The average Bonchev–Trinajstić information content (AvgIpc) is 3.53. The molecule has 1 unspecified atom stereocenters. The van der Waals surface area contributed by atoms with E-state index in [-0.39, 0.29) is 11.4 Å². The lowest BCUT2D eigenvalue weighted by Crippen LogP contribution is -2.14. The minimum atomic E-state index is -3.93. The molecule has 0 radical (unpaired) electrons. The summed E-state index contributed by atoms with van der Waals surface area (Å²) < 4.78 is 26.0. The first kappa shape index (κ1) is 22.6. The molecule has 9 nitrogen and oxygen atoms in total. The lowest BCUT2D eigenvalue weighted by Gasteiger charge is -2.20. The van der Waals surface area contributed by atoms with Crippen molar-refractivity contribution in [3.8, 4) is 22.9 Å². The highest BCUT2D eigenvalue weighted by atomic mass is 31.2. The number of non-ortho nitro benzene ring substituents is 1. The second kappa shape index (κ2) is 8.96. The van der Waals surface area contributed by atoms with Gasteiger partial charge in [0.25, 0.3) is 5.69 Å². The number of H-pyrrole nitrogens is 2. The van der Waals surface area contributed by atoms with Crippen LogP contribution in [-0.4, -0.2) is 20.1 Å². The zero-order valence-corrected chi connectivity index (χ0v) is 20.1. The monoisotopic (exact) mass is 510 g/mol. The van der Waals surface area contributed by atoms with Gasteiger partial charge in [0.1, 0.15) is 17.2 Å². The van der Waals surface area contributed by atoms with Gasteiger partial charge in [-0.25, -0.2) is 4.57 Å². The van der Waals surface area contributed by atoms with E-state index in [0.29, 0.717) is 16.7 Å². The third-order valence-corrected chi connectivity index (χ3v) is 7.72. The van der Waals surface area contributed by atoms with Crippen LogP contribution in [0.2, 0.25) is 0 Å². The third kappa shape index (κ3) is 4.32. The summed E-state index contributed by atoms with van der Waals surface area (Å²) in [4.78, 5) is 13.9. The molecule has 182 valence electrons. The van der Waals surface area contributed by atoms with Crippen molar-refractivity contribution in [3.05, 3.63) is 113 Å². The number of nitro groups is 1. The quantitative estimate of drug-likeness (QED) is 0.142. The predicted octanol–water partition coefficient (Wildman–Crippen LogP) is 6.60. The molecule has 2 aromatic heterocycles. The Bertz CT molecular complexity index is 1760. The Morgan fingerprint density at radius 3 is 2.24 bits per heavy atom. The van der Waals surface area contributed by atoms with E-state index in [2.05, 4.69) is 15.2 Å². The summed E-state index contributed by atoms with van der Waals surface area (Å²) >= 11 is 0. The van der Waals surface area contributed by atoms with Crippen molar-refractivity contribution in [2.75, 3.05) is 0 Å². The van der Waals surface area contributed by atoms with Gasteiger partial charge in [-0.2, -0.15) is 5.10 Å². The van der Waals surface area contributed by atoms with Gasteiger partial charge in [-0.05, 0) is 54.6 Å². The lowest BCUT2D eigenvalue weighted by atomic mass is 10.1. The van der Waals surface area contributed by atoms with Crippen molar-refractivity contribution in [2.24, 2.45) is 0 Å². The highest BCUT2D eigenvalue weighted by Gasteiger charge is 2.31. The molecule has 0 aliphatic rings. The van der Waals surface area contributed by atoms with Crippen LogP contribution in [0.1, 0.15) is 0 Å². The van der Waals surface area contributed by atoms with Crippen LogP contribution >= 0.6 is 7.60 Å². The van der Waals surface area contributed by atoms with Gasteiger partial charge >= 0.3 is 7.60 Å². The summed E-state index contributed by atoms with van der Waals surface area (Å²) in [5.74, 6) is 0.501. The van der Waals surface area contributed by atoms with Crippen molar-refractivity contribution in [2.45, 2.75) is 0 Å². The summed E-state index contributed by atoms with van der Waals surface area (Å²) in [6, 6.07) is 29.1. The molecule has 0 amide bonds. The topological polar surface area (TPSA) is 123 Å². The second-order valence-corrected chi connectivity index (χ2v) is 10.2. The number of benzene rings is 4. The number of nitro benzene ring substituents is 1. The number of nitrogens with one attached hydrogen (secondary N) is 2. The van der Waals surface area contributed by atoms with Crippen LogP contribution < -0.4 is 14.4 Å². The molecule has 0 aliphatic heterocycles. The fourth-order valence-corrected chi connectivity index (χ4v) is 5.67. The average molecular weight is 510 g/mol. The van der Waals surface area contributed by atoms with Gasteiger partial charge in [-0.1, -0.05) is 36.4 Å². The molecule has 0 fully saturated rings. The molecule has 37 heavy (non-hydrogen) atoms. The lowest BCUT2D eigenvalue weighted by molar-refractivity contribution is -0.384. The predicted molar refractivity (Wildman–Crippen MR) is 141 cm³/mol. The number of rotatable bonds is 7. The van der Waals surface area contributed by atoms with Gasteiger partial charge in [-0.15, -0.1) is 0 Å². The smallest absolute Gasteiger partial charge is 0.413 e. The Labute approximate surface area is 210 Å². The molecular formula is C27H19N4O5P. The fraction of sp³-hybridized carbons (Fsp3) is 0. The molecular weight excluding hydrogens is 491 g/mol. The van der Waals surface area contributed by atoms with Crippen LogP contribution in [0.15, 0.2) is 103 Å². The Morgan fingerprint density at radius 1 is 0.784 bits per heavy atom. The molecule has 2 heterocycles. The first-order chi connectivity index (χ1) is 18.0. The maximum atomic E-state index is 14.1. The maximum Gasteiger partial charge on any atom is 0.462 e. The highest BCUT2D eigenvalue weighted by molar-refractivity contribution is 7.63. The molecule has 6 aromatic rings. The van der Waals surface area contributed by atoms with Gasteiger partial charge in [0.05, 0.1) is 21.4 Å². The van der Waals surface area contributed by atoms with E-state index in [1.807, 2.05) is 30.3 Å². The fourth-order valence-electron chi connectivity index (χ4n) is 4.10. The van der Waals surface area contributed by atoms with Crippen molar-refractivity contribution in [1.29, 1.82) is 0 Å². The van der Waals surface area contributed by atoms with E-state index in [4.69, 9.17) is 9.05 Å². The molecule has 10 heteroatoms. The Hall–Kier alpha value is -4.88. The Kier molecular flexibility index (Phi) is 5.47. The minimum absolute atomic E-state index is 0.0993. The SMILES string of the molecule is O=[N+]([O-])c1ccc(OP(=O)(Oc2ccc3[nH]nc(-c4cc5ccccc5[nH]4)c3c2)c2ccccc2)cc1. The second-order valence-electron chi connectivity index (χ2n) is 8.32. The summed E-state index contributed by atoms with van der Waals surface area (Å²) in [7, 11) is -3.93. The van der Waals surface area contributed by atoms with E-state index in [1.165, 1.54) is 24.3 Å². The number of aromatic amines is 2. The van der Waals surface area contributed by atoms with Gasteiger partial charge in [0.2, 0.25) is 0 Å². The van der Waals surface area contributed by atoms with Crippen LogP contribution in [0.5, 0.6) is 11.5 Å². The molecule has 4 aromatic carbocycles. The molecule has 1 atom stereocenters. The van der Waals surface area contributed by atoms with Crippen molar-refractivity contribution >= 4 is 40.4 Å². The maximum absolute atomic E-state index is 14.1. The largest absolute Gasteiger partial charge is 0.462 e. The first-order valence-electron chi connectivity index (χ1n) is 11.3. The van der Waals surface area contributed by atoms with Gasteiger partial charge in [0, 0.05) is 28.4 Å². The van der Waals surface area contributed by atoms with Crippen LogP contribution in [-0.2, 0) is 4.57 Å². The number of hydrogen-bond donors (Lipinski definition) is 2. The number of nitrogens with zero attached hydrogens (tertiary/aromatic N) is 2. The van der Waals surface area contributed by atoms with E-state index < -0.39 is 12.5 Å². The van der Waals surface area contributed by atoms with Crippen LogP contribution in [0.4, 0.5) is 5.69 Å². The summed E-state index contributed by atoms with van der Waals surface area (Å²) in [6.45, 7) is 0. The summed E-state index contributed by atoms with van der Waals surface area (Å²) in [5.41, 5.74) is 3.20. The molecule has 6 rings (SSSR count). The third-order valence-electron chi connectivity index (χ3n) is 5.89. The van der Waals surface area contributed by atoms with E-state index in [9.17, 15) is 14.7 Å². The molecule has 0 spiro atoms. The van der Waals surface area contributed by atoms with Crippen molar-refractivity contribution < 1.29 is 18.5 Å². The van der Waals surface area contributed by atoms with Gasteiger partial charge in [0.15, 0.2) is 0 Å². The van der Waals surface area contributed by atoms with Crippen LogP contribution in [0.25, 0.3) is 33.2 Å². The number of aromatic nitrogens is 3. The molecule has 0 saturated carbocycles. The van der Waals surface area contributed by atoms with E-state index >= 15 is 0 Å². The van der Waals surface area contributed by atoms with Gasteiger partial charge in [-0.3, -0.25) is 15.2 Å². The zero-order chi connectivity index (χ0) is 25.4. The minimum Gasteiger partial charge on any atom is -0.413 e. The number of para-hydroxylation sites is 1. The molecule has 0 saturated heterocycles. The zero-order valence-electron chi connectivity index (χ0n) is 19.2. The van der Waals surface area contributed by atoms with Crippen molar-refractivity contribution in [1.82, 2.24) is 15.2 Å². The first-order valence-corrected chi connectivity index (χ1v) is 12.9. The molecule has 0 aliphatic carbocycles. The molecule has 0 bridgehead atoms. The highest BCUT2D eigenvalue weighted by Crippen LogP contribution is 2.48. The number of hydrogen-bond acceptors (Lipinski definition) is 6. The Balaban J connectivity index is 1.38. The standard InChI is InChI=1S/C27H19N4O5P/c32-31(33)19-10-12-20(13-11-19)35-37(34,22-7-2-1-3-8-22)36-21-14-15-25-23(17-21)27(30-29-25)26-16-18-6-4-5-9-24(18)28-26/h1-17,28H,(H,29,30). The van der Waals surface area contributed by atoms with E-state index in [1.54, 1.807) is 48.5 Å². The van der Waals surface area contributed by atoms with E-state index in [0.717, 1.165) is 27.5 Å². The van der Waals surface area contributed by atoms with Crippen LogP contribution in [0.3, 0.4) is 0 Å². The van der Waals surface area contributed by atoms with Crippen LogP contribution in [0, 0.1) is 10.1 Å². The molecule has 2 N–H and O–H groups in total. The Morgan fingerprint density at radius 2 is 1.49 bits per heavy atom. The number of fused-ring (bicyclic) bond motifs is 2. The summed E-state index contributed by atoms with van der Waals surface area (Å²) in [6.07, 6.45) is 0. The van der Waals surface area contributed by atoms with Gasteiger partial charge < -0.3 is 14.0 Å².